The van der Waals surface area contributed by atoms with Gasteiger partial charge in [0.05, 0.1) is 5.69 Å². The predicted molar refractivity (Wildman–Crippen MR) is 75.7 cm³/mol. The van der Waals surface area contributed by atoms with E-state index < -0.39 is 0 Å². The summed E-state index contributed by atoms with van der Waals surface area (Å²) >= 11 is 0. The second-order valence-corrected chi connectivity index (χ2v) is 4.67. The number of aromatic nitrogens is 2. The van der Waals surface area contributed by atoms with Gasteiger partial charge in [-0.3, -0.25) is 10.5 Å². The minimum absolute atomic E-state index is 0.556. The van der Waals surface area contributed by atoms with Crippen LogP contribution >= 0.6 is 0 Å². The van der Waals surface area contributed by atoms with Gasteiger partial charge in [-0.25, -0.2) is 5.01 Å². The molecule has 0 saturated carbocycles. The van der Waals surface area contributed by atoms with E-state index in [0.717, 1.165) is 17.0 Å². The van der Waals surface area contributed by atoms with Crippen LogP contribution in [0.1, 0.15) is 5.56 Å². The van der Waals surface area contributed by atoms with Crippen molar-refractivity contribution >= 4 is 0 Å². The standard InChI is InChI=1S/C14H20N4O/c1-11-4-5-14(19-9-8-17(2)15)12(10-11)13-6-7-16-18(13)3/h4-7,10H,8-9,15H2,1-3H3. The molecule has 1 heterocycles. The lowest BCUT2D eigenvalue weighted by atomic mass is 10.1. The van der Waals surface area contributed by atoms with E-state index in [1.54, 1.807) is 11.2 Å². The summed E-state index contributed by atoms with van der Waals surface area (Å²) in [6.07, 6.45) is 1.79. The van der Waals surface area contributed by atoms with Crippen molar-refractivity contribution in [1.29, 1.82) is 0 Å². The molecule has 0 aliphatic heterocycles. The highest BCUT2D eigenvalue weighted by atomic mass is 16.5. The lowest BCUT2D eigenvalue weighted by Crippen LogP contribution is -2.30. The molecule has 2 rings (SSSR count). The monoisotopic (exact) mass is 260 g/mol. The molecule has 0 aliphatic rings. The van der Waals surface area contributed by atoms with Crippen molar-refractivity contribution in [3.63, 3.8) is 0 Å². The first kappa shape index (κ1) is 13.6. The van der Waals surface area contributed by atoms with Crippen LogP contribution in [0.25, 0.3) is 11.3 Å². The molecule has 0 fully saturated rings. The zero-order valence-electron chi connectivity index (χ0n) is 11.6. The maximum absolute atomic E-state index is 5.82. The second kappa shape index (κ2) is 5.86. The molecule has 19 heavy (non-hydrogen) atoms. The first-order chi connectivity index (χ1) is 9.08. The Balaban J connectivity index is 2.26. The van der Waals surface area contributed by atoms with Crippen LogP contribution in [0.4, 0.5) is 0 Å². The topological polar surface area (TPSA) is 56.3 Å². The summed E-state index contributed by atoms with van der Waals surface area (Å²) in [4.78, 5) is 0. The predicted octanol–water partition coefficient (Wildman–Crippen LogP) is 1.58. The molecule has 0 unspecified atom stereocenters. The van der Waals surface area contributed by atoms with Crippen LogP contribution in [-0.2, 0) is 7.05 Å². The van der Waals surface area contributed by atoms with E-state index in [9.17, 15) is 0 Å². The van der Waals surface area contributed by atoms with E-state index in [-0.39, 0.29) is 0 Å². The first-order valence-electron chi connectivity index (χ1n) is 6.25. The average molecular weight is 260 g/mol. The Morgan fingerprint density at radius 2 is 2.16 bits per heavy atom. The van der Waals surface area contributed by atoms with Gasteiger partial charge in [-0.15, -0.1) is 0 Å². The molecule has 2 N–H and O–H groups in total. The van der Waals surface area contributed by atoms with Crippen LogP contribution in [0.2, 0.25) is 0 Å². The quantitative estimate of drug-likeness (QED) is 0.655. The van der Waals surface area contributed by atoms with Crippen LogP contribution in [-0.4, -0.2) is 35.0 Å². The van der Waals surface area contributed by atoms with Gasteiger partial charge in [0, 0.05) is 32.4 Å². The molecule has 0 aliphatic carbocycles. The summed E-state index contributed by atoms with van der Waals surface area (Å²) in [5, 5.41) is 5.81. The Morgan fingerprint density at radius 1 is 1.37 bits per heavy atom. The molecule has 0 saturated heterocycles. The molecule has 0 amide bonds. The molecular formula is C14H20N4O. The van der Waals surface area contributed by atoms with Gasteiger partial charge >= 0.3 is 0 Å². The number of nitrogens with zero attached hydrogens (tertiary/aromatic N) is 3. The van der Waals surface area contributed by atoms with Gasteiger partial charge in [0.15, 0.2) is 0 Å². The SMILES string of the molecule is Cc1ccc(OCCN(C)N)c(-c2ccnn2C)c1. The fraction of sp³-hybridized carbons (Fsp3) is 0.357. The summed E-state index contributed by atoms with van der Waals surface area (Å²) in [6, 6.07) is 8.13. The van der Waals surface area contributed by atoms with E-state index in [4.69, 9.17) is 10.6 Å². The number of ether oxygens (including phenoxy) is 1. The van der Waals surface area contributed by atoms with E-state index in [0.29, 0.717) is 13.2 Å². The van der Waals surface area contributed by atoms with Crippen molar-refractivity contribution in [2.45, 2.75) is 6.92 Å². The number of likely N-dealkylation sites (N-methyl/N-ethyl adjacent to an activating group) is 1. The number of hydrogen-bond donors (Lipinski definition) is 1. The number of benzene rings is 1. The van der Waals surface area contributed by atoms with E-state index in [1.807, 2.05) is 37.0 Å². The fourth-order valence-electron chi connectivity index (χ4n) is 1.91. The third kappa shape index (κ3) is 3.33. The van der Waals surface area contributed by atoms with Crippen LogP contribution in [0.15, 0.2) is 30.5 Å². The van der Waals surface area contributed by atoms with E-state index in [2.05, 4.69) is 18.1 Å². The molecule has 0 atom stereocenters. The van der Waals surface area contributed by atoms with Gasteiger partial charge in [0.25, 0.3) is 0 Å². The zero-order chi connectivity index (χ0) is 13.8. The van der Waals surface area contributed by atoms with Crippen LogP contribution < -0.4 is 10.6 Å². The van der Waals surface area contributed by atoms with Gasteiger partial charge < -0.3 is 4.74 Å². The van der Waals surface area contributed by atoms with Crippen molar-refractivity contribution in [2.75, 3.05) is 20.2 Å². The van der Waals surface area contributed by atoms with Gasteiger partial charge in [0.2, 0.25) is 0 Å². The normalized spacial score (nSPS) is 11.0. The second-order valence-electron chi connectivity index (χ2n) is 4.67. The minimum atomic E-state index is 0.556. The molecule has 0 spiro atoms. The lowest BCUT2D eigenvalue weighted by Gasteiger charge is -2.14. The van der Waals surface area contributed by atoms with Crippen LogP contribution in [0.5, 0.6) is 5.75 Å². The highest BCUT2D eigenvalue weighted by Crippen LogP contribution is 2.30. The minimum Gasteiger partial charge on any atom is -0.491 e. The van der Waals surface area contributed by atoms with Crippen LogP contribution in [0, 0.1) is 6.92 Å². The third-order valence-electron chi connectivity index (χ3n) is 2.93. The summed E-state index contributed by atoms with van der Waals surface area (Å²) in [5.74, 6) is 6.43. The number of rotatable bonds is 5. The highest BCUT2D eigenvalue weighted by Gasteiger charge is 2.10. The number of nitrogens with two attached hydrogens (primary N) is 1. The maximum Gasteiger partial charge on any atom is 0.128 e. The molecule has 2 aromatic rings. The molecule has 5 heteroatoms. The third-order valence-corrected chi connectivity index (χ3v) is 2.93. The Hall–Kier alpha value is -1.85. The van der Waals surface area contributed by atoms with Crippen molar-refractivity contribution in [2.24, 2.45) is 12.9 Å². The Kier molecular flexibility index (Phi) is 4.19. The van der Waals surface area contributed by atoms with Crippen molar-refractivity contribution < 1.29 is 4.74 Å². The van der Waals surface area contributed by atoms with Gasteiger partial charge in [-0.2, -0.15) is 5.10 Å². The van der Waals surface area contributed by atoms with Crippen LogP contribution in [0.3, 0.4) is 0 Å². The molecule has 102 valence electrons. The van der Waals surface area contributed by atoms with E-state index in [1.165, 1.54) is 5.56 Å². The summed E-state index contributed by atoms with van der Waals surface area (Å²) < 4.78 is 7.66. The lowest BCUT2D eigenvalue weighted by molar-refractivity contribution is 0.241. The smallest absolute Gasteiger partial charge is 0.128 e. The van der Waals surface area contributed by atoms with Gasteiger partial charge in [-0.1, -0.05) is 11.6 Å². The molecule has 0 radical (unpaired) electrons. The van der Waals surface area contributed by atoms with Crippen molar-refractivity contribution in [1.82, 2.24) is 14.8 Å². The number of hydrogen-bond acceptors (Lipinski definition) is 4. The fourth-order valence-corrected chi connectivity index (χ4v) is 1.91. The zero-order valence-corrected chi connectivity index (χ0v) is 11.6. The highest BCUT2D eigenvalue weighted by molar-refractivity contribution is 5.68. The molecule has 0 bridgehead atoms. The number of hydrazine groups is 1. The molecule has 1 aromatic heterocycles. The Bertz CT molecular complexity index is 548. The molecule has 1 aromatic carbocycles. The van der Waals surface area contributed by atoms with Crippen molar-refractivity contribution in [3.05, 3.63) is 36.0 Å². The van der Waals surface area contributed by atoms with Crippen molar-refractivity contribution in [3.8, 4) is 17.0 Å². The summed E-state index contributed by atoms with van der Waals surface area (Å²) in [5.41, 5.74) is 3.29. The Labute approximate surface area is 113 Å². The average Bonchev–Trinajstić information content (AvgIpc) is 2.77. The van der Waals surface area contributed by atoms with Gasteiger partial charge in [-0.05, 0) is 25.1 Å². The summed E-state index contributed by atoms with van der Waals surface area (Å²) in [6.45, 7) is 3.30. The maximum atomic E-state index is 5.82. The molecule has 5 nitrogen and oxygen atoms in total. The summed E-state index contributed by atoms with van der Waals surface area (Å²) in [7, 11) is 3.75. The first-order valence-corrected chi connectivity index (χ1v) is 6.25. The largest absolute Gasteiger partial charge is 0.491 e. The Morgan fingerprint density at radius 3 is 2.79 bits per heavy atom. The number of aryl methyl sites for hydroxylation is 2. The van der Waals surface area contributed by atoms with Gasteiger partial charge in [0.1, 0.15) is 12.4 Å². The molecular weight excluding hydrogens is 240 g/mol. The van der Waals surface area contributed by atoms with E-state index >= 15 is 0 Å².